The zero-order valence-electron chi connectivity index (χ0n) is 8.08. The number of ether oxygens (including phenoxy) is 1. The fraction of sp³-hybridized carbons (Fsp3) is 0.889. The van der Waals surface area contributed by atoms with Crippen molar-refractivity contribution in [2.45, 2.75) is 38.3 Å². The van der Waals surface area contributed by atoms with E-state index in [0.717, 1.165) is 19.3 Å². The van der Waals surface area contributed by atoms with Gasteiger partial charge in [-0.2, -0.15) is 0 Å². The first kappa shape index (κ1) is 10.5. The SMILES string of the molecule is CCC(N)CNC(=O)C1CCCO1. The first-order valence-electron chi connectivity index (χ1n) is 4.89. The molecule has 0 aromatic heterocycles. The van der Waals surface area contributed by atoms with Crippen LogP contribution in [0.3, 0.4) is 0 Å². The van der Waals surface area contributed by atoms with Gasteiger partial charge in [0, 0.05) is 19.2 Å². The van der Waals surface area contributed by atoms with Gasteiger partial charge < -0.3 is 15.8 Å². The summed E-state index contributed by atoms with van der Waals surface area (Å²) in [5.74, 6) is -0.0126. The lowest BCUT2D eigenvalue weighted by molar-refractivity contribution is -0.130. The summed E-state index contributed by atoms with van der Waals surface area (Å²) < 4.78 is 5.23. The lowest BCUT2D eigenvalue weighted by Crippen LogP contribution is -2.41. The van der Waals surface area contributed by atoms with Gasteiger partial charge in [0.1, 0.15) is 6.10 Å². The van der Waals surface area contributed by atoms with E-state index < -0.39 is 0 Å². The molecule has 0 radical (unpaired) electrons. The zero-order chi connectivity index (χ0) is 9.68. The van der Waals surface area contributed by atoms with Crippen molar-refractivity contribution in [2.75, 3.05) is 13.2 Å². The van der Waals surface area contributed by atoms with Crippen molar-refractivity contribution in [1.29, 1.82) is 0 Å². The number of amides is 1. The minimum absolute atomic E-state index is 0.0126. The van der Waals surface area contributed by atoms with E-state index >= 15 is 0 Å². The predicted molar refractivity (Wildman–Crippen MR) is 50.3 cm³/mol. The molecule has 1 aliphatic heterocycles. The number of nitrogens with one attached hydrogen (secondary N) is 1. The van der Waals surface area contributed by atoms with Gasteiger partial charge in [0.2, 0.25) is 5.91 Å². The van der Waals surface area contributed by atoms with Crippen LogP contribution < -0.4 is 11.1 Å². The number of carbonyl (C=O) groups is 1. The van der Waals surface area contributed by atoms with Crippen molar-refractivity contribution >= 4 is 5.91 Å². The molecule has 1 saturated heterocycles. The Kier molecular flexibility index (Phi) is 4.18. The molecular formula is C9H18N2O2. The molecule has 1 fully saturated rings. The van der Waals surface area contributed by atoms with E-state index in [0.29, 0.717) is 13.2 Å². The molecule has 0 aromatic carbocycles. The number of hydrogen-bond acceptors (Lipinski definition) is 3. The third-order valence-electron chi connectivity index (χ3n) is 2.28. The van der Waals surface area contributed by atoms with E-state index in [1.165, 1.54) is 0 Å². The Labute approximate surface area is 78.8 Å². The smallest absolute Gasteiger partial charge is 0.249 e. The van der Waals surface area contributed by atoms with Gasteiger partial charge in [0.05, 0.1) is 0 Å². The molecule has 0 aliphatic carbocycles. The highest BCUT2D eigenvalue weighted by Crippen LogP contribution is 2.11. The van der Waals surface area contributed by atoms with Gasteiger partial charge >= 0.3 is 0 Å². The van der Waals surface area contributed by atoms with Gasteiger partial charge in [-0.05, 0) is 19.3 Å². The summed E-state index contributed by atoms with van der Waals surface area (Å²) in [5.41, 5.74) is 5.66. The summed E-state index contributed by atoms with van der Waals surface area (Å²) in [7, 11) is 0. The molecule has 3 N–H and O–H groups in total. The minimum Gasteiger partial charge on any atom is -0.368 e. The van der Waals surface area contributed by atoms with Crippen molar-refractivity contribution in [1.82, 2.24) is 5.32 Å². The summed E-state index contributed by atoms with van der Waals surface area (Å²) in [6.07, 6.45) is 2.47. The fourth-order valence-electron chi connectivity index (χ4n) is 1.27. The molecule has 0 aromatic rings. The normalized spacial score (nSPS) is 24.3. The summed E-state index contributed by atoms with van der Waals surface area (Å²) in [4.78, 5) is 11.4. The average molecular weight is 186 g/mol. The maximum atomic E-state index is 11.4. The highest BCUT2D eigenvalue weighted by atomic mass is 16.5. The first-order valence-corrected chi connectivity index (χ1v) is 4.89. The summed E-state index contributed by atoms with van der Waals surface area (Å²) in [5, 5.41) is 2.79. The molecule has 1 aliphatic rings. The van der Waals surface area contributed by atoms with E-state index in [2.05, 4.69) is 5.32 Å². The van der Waals surface area contributed by atoms with Crippen LogP contribution in [0.25, 0.3) is 0 Å². The maximum Gasteiger partial charge on any atom is 0.249 e. The third-order valence-corrected chi connectivity index (χ3v) is 2.28. The summed E-state index contributed by atoms with van der Waals surface area (Å²) >= 11 is 0. The molecule has 1 amide bonds. The third kappa shape index (κ3) is 3.32. The highest BCUT2D eigenvalue weighted by Gasteiger charge is 2.23. The summed E-state index contributed by atoms with van der Waals surface area (Å²) in [6.45, 7) is 3.26. The van der Waals surface area contributed by atoms with Gasteiger partial charge in [-0.1, -0.05) is 6.92 Å². The number of rotatable bonds is 4. The monoisotopic (exact) mass is 186 g/mol. The molecule has 0 bridgehead atoms. The number of nitrogens with two attached hydrogens (primary N) is 1. The average Bonchev–Trinajstić information content (AvgIpc) is 2.66. The van der Waals surface area contributed by atoms with Gasteiger partial charge in [0.25, 0.3) is 0 Å². The van der Waals surface area contributed by atoms with Crippen molar-refractivity contribution in [3.05, 3.63) is 0 Å². The summed E-state index contributed by atoms with van der Waals surface area (Å²) in [6, 6.07) is 0.0605. The van der Waals surface area contributed by atoms with E-state index in [1.54, 1.807) is 0 Å². The molecule has 13 heavy (non-hydrogen) atoms. The highest BCUT2D eigenvalue weighted by molar-refractivity contribution is 5.80. The minimum atomic E-state index is -0.232. The van der Waals surface area contributed by atoms with Crippen molar-refractivity contribution in [2.24, 2.45) is 5.73 Å². The molecule has 4 heteroatoms. The Bertz CT molecular complexity index is 167. The molecule has 1 heterocycles. The Morgan fingerprint density at radius 3 is 3.08 bits per heavy atom. The van der Waals surface area contributed by atoms with Crippen molar-refractivity contribution < 1.29 is 9.53 Å². The molecule has 2 unspecified atom stereocenters. The Morgan fingerprint density at radius 1 is 1.77 bits per heavy atom. The van der Waals surface area contributed by atoms with Crippen LogP contribution in [0, 0.1) is 0 Å². The van der Waals surface area contributed by atoms with E-state index in [9.17, 15) is 4.79 Å². The quantitative estimate of drug-likeness (QED) is 0.650. The van der Waals surface area contributed by atoms with Crippen LogP contribution in [0.2, 0.25) is 0 Å². The topological polar surface area (TPSA) is 64.3 Å². The van der Waals surface area contributed by atoms with Crippen molar-refractivity contribution in [3.63, 3.8) is 0 Å². The number of carbonyl (C=O) groups excluding carboxylic acids is 1. The second-order valence-corrected chi connectivity index (χ2v) is 3.42. The van der Waals surface area contributed by atoms with Crippen LogP contribution in [0.15, 0.2) is 0 Å². The lowest BCUT2D eigenvalue weighted by Gasteiger charge is -2.13. The molecule has 2 atom stereocenters. The van der Waals surface area contributed by atoms with Crippen LogP contribution in [-0.4, -0.2) is 31.2 Å². The Morgan fingerprint density at radius 2 is 2.54 bits per heavy atom. The number of hydrogen-bond donors (Lipinski definition) is 2. The molecule has 1 rings (SSSR count). The Balaban J connectivity index is 2.16. The predicted octanol–water partition coefficient (Wildman–Crippen LogP) is 0.0189. The van der Waals surface area contributed by atoms with Crippen LogP contribution in [0.1, 0.15) is 26.2 Å². The van der Waals surface area contributed by atoms with Crippen molar-refractivity contribution in [3.8, 4) is 0 Å². The zero-order valence-corrected chi connectivity index (χ0v) is 8.08. The van der Waals surface area contributed by atoms with Gasteiger partial charge in [0.15, 0.2) is 0 Å². The van der Waals surface area contributed by atoms with E-state index in [-0.39, 0.29) is 18.1 Å². The first-order chi connectivity index (χ1) is 6.24. The van der Waals surface area contributed by atoms with Gasteiger partial charge in [-0.25, -0.2) is 0 Å². The molecule has 76 valence electrons. The van der Waals surface area contributed by atoms with Crippen LogP contribution >= 0.6 is 0 Å². The maximum absolute atomic E-state index is 11.4. The second kappa shape index (κ2) is 5.19. The van der Waals surface area contributed by atoms with Crippen LogP contribution in [0.4, 0.5) is 0 Å². The molecule has 4 nitrogen and oxygen atoms in total. The van der Waals surface area contributed by atoms with E-state index in [1.807, 2.05) is 6.92 Å². The Hall–Kier alpha value is -0.610. The van der Waals surface area contributed by atoms with Crippen LogP contribution in [0.5, 0.6) is 0 Å². The fourth-order valence-corrected chi connectivity index (χ4v) is 1.27. The van der Waals surface area contributed by atoms with E-state index in [4.69, 9.17) is 10.5 Å². The molecular weight excluding hydrogens is 168 g/mol. The largest absolute Gasteiger partial charge is 0.368 e. The van der Waals surface area contributed by atoms with Crippen LogP contribution in [-0.2, 0) is 9.53 Å². The lowest BCUT2D eigenvalue weighted by atomic mass is 10.2. The standard InChI is InChI=1S/C9H18N2O2/c1-2-7(10)6-11-9(12)8-4-3-5-13-8/h7-8H,2-6,10H2,1H3,(H,11,12). The van der Waals surface area contributed by atoms with Gasteiger partial charge in [-0.3, -0.25) is 4.79 Å². The molecule has 0 saturated carbocycles. The van der Waals surface area contributed by atoms with Gasteiger partial charge in [-0.15, -0.1) is 0 Å². The molecule has 0 spiro atoms. The second-order valence-electron chi connectivity index (χ2n) is 3.42.